The molecule has 1 aliphatic rings. The molecule has 1 atom stereocenters. The molecule has 0 bridgehead atoms. The maximum atomic E-state index is 9.49. The average molecular weight is 308 g/mol. The summed E-state index contributed by atoms with van der Waals surface area (Å²) in [5.41, 5.74) is 10.0. The number of piperidine rings is 1. The second kappa shape index (κ2) is 6.37. The Hall–Kier alpha value is -2.41. The number of aryl methyl sites for hydroxylation is 1. The SMILES string of the molecule is Cc1cccc(Cn2c(C#N)cc(N)c2N2CCC[C@H](C)C2)c1. The Morgan fingerprint density at radius 1 is 1.35 bits per heavy atom. The summed E-state index contributed by atoms with van der Waals surface area (Å²) in [5.74, 6) is 1.67. The van der Waals surface area contributed by atoms with E-state index in [9.17, 15) is 5.26 Å². The van der Waals surface area contributed by atoms with Gasteiger partial charge in [-0.15, -0.1) is 0 Å². The summed E-state index contributed by atoms with van der Waals surface area (Å²) in [4.78, 5) is 2.35. The number of hydrogen-bond acceptors (Lipinski definition) is 3. The van der Waals surface area contributed by atoms with Crippen molar-refractivity contribution >= 4 is 11.5 Å². The van der Waals surface area contributed by atoms with E-state index in [1.165, 1.54) is 24.0 Å². The molecule has 1 saturated heterocycles. The third-order valence-electron chi connectivity index (χ3n) is 4.59. The van der Waals surface area contributed by atoms with E-state index in [-0.39, 0.29) is 0 Å². The summed E-state index contributed by atoms with van der Waals surface area (Å²) in [6, 6.07) is 12.5. The summed E-state index contributed by atoms with van der Waals surface area (Å²) in [7, 11) is 0. The number of anilines is 2. The third kappa shape index (κ3) is 3.19. The van der Waals surface area contributed by atoms with Gasteiger partial charge in [0.25, 0.3) is 0 Å². The van der Waals surface area contributed by atoms with Crippen LogP contribution in [0.15, 0.2) is 30.3 Å². The monoisotopic (exact) mass is 308 g/mol. The largest absolute Gasteiger partial charge is 0.396 e. The van der Waals surface area contributed by atoms with Crippen LogP contribution >= 0.6 is 0 Å². The van der Waals surface area contributed by atoms with E-state index >= 15 is 0 Å². The number of rotatable bonds is 3. The highest BCUT2D eigenvalue weighted by Crippen LogP contribution is 2.32. The van der Waals surface area contributed by atoms with Gasteiger partial charge in [0, 0.05) is 13.1 Å². The fourth-order valence-corrected chi connectivity index (χ4v) is 3.54. The molecule has 1 aliphatic heterocycles. The minimum absolute atomic E-state index is 0.636. The number of aromatic nitrogens is 1. The van der Waals surface area contributed by atoms with Crippen LogP contribution in [0.4, 0.5) is 11.5 Å². The molecule has 4 heteroatoms. The first-order valence-electron chi connectivity index (χ1n) is 8.28. The zero-order valence-electron chi connectivity index (χ0n) is 13.9. The van der Waals surface area contributed by atoms with Crippen molar-refractivity contribution in [2.75, 3.05) is 23.7 Å². The van der Waals surface area contributed by atoms with Crippen molar-refractivity contribution in [3.05, 3.63) is 47.2 Å². The minimum Gasteiger partial charge on any atom is -0.396 e. The molecule has 2 heterocycles. The number of nitriles is 1. The highest BCUT2D eigenvalue weighted by Gasteiger charge is 2.23. The van der Waals surface area contributed by atoms with Crippen LogP contribution in [-0.2, 0) is 6.54 Å². The zero-order chi connectivity index (χ0) is 16.4. The molecule has 120 valence electrons. The molecule has 0 aliphatic carbocycles. The zero-order valence-corrected chi connectivity index (χ0v) is 13.9. The first-order valence-corrected chi connectivity index (χ1v) is 8.28. The van der Waals surface area contributed by atoms with Crippen molar-refractivity contribution in [2.45, 2.75) is 33.2 Å². The minimum atomic E-state index is 0.636. The Morgan fingerprint density at radius 2 is 2.17 bits per heavy atom. The van der Waals surface area contributed by atoms with Gasteiger partial charge in [-0.1, -0.05) is 36.8 Å². The van der Waals surface area contributed by atoms with Gasteiger partial charge in [0.15, 0.2) is 0 Å². The molecular weight excluding hydrogens is 284 g/mol. The maximum Gasteiger partial charge on any atom is 0.133 e. The van der Waals surface area contributed by atoms with Gasteiger partial charge in [-0.25, -0.2) is 0 Å². The van der Waals surface area contributed by atoms with Crippen LogP contribution in [0.25, 0.3) is 0 Å². The Morgan fingerprint density at radius 3 is 2.87 bits per heavy atom. The third-order valence-corrected chi connectivity index (χ3v) is 4.59. The van der Waals surface area contributed by atoms with Gasteiger partial charge >= 0.3 is 0 Å². The highest BCUT2D eigenvalue weighted by molar-refractivity contribution is 5.68. The van der Waals surface area contributed by atoms with Crippen molar-refractivity contribution in [1.82, 2.24) is 4.57 Å². The molecule has 0 spiro atoms. The van der Waals surface area contributed by atoms with Gasteiger partial charge in [-0.05, 0) is 37.3 Å². The van der Waals surface area contributed by atoms with Crippen LogP contribution in [0.3, 0.4) is 0 Å². The quantitative estimate of drug-likeness (QED) is 0.943. The second-order valence-electron chi connectivity index (χ2n) is 6.69. The molecule has 1 aromatic carbocycles. The first kappa shape index (κ1) is 15.5. The lowest BCUT2D eigenvalue weighted by Crippen LogP contribution is -2.36. The summed E-state index contributed by atoms with van der Waals surface area (Å²) < 4.78 is 2.07. The second-order valence-corrected chi connectivity index (χ2v) is 6.69. The predicted molar refractivity (Wildman–Crippen MR) is 94.5 cm³/mol. The van der Waals surface area contributed by atoms with Crippen molar-refractivity contribution in [1.29, 1.82) is 5.26 Å². The fourth-order valence-electron chi connectivity index (χ4n) is 3.54. The van der Waals surface area contributed by atoms with Gasteiger partial charge in [0.2, 0.25) is 0 Å². The lowest BCUT2D eigenvalue weighted by Gasteiger charge is -2.34. The van der Waals surface area contributed by atoms with Crippen LogP contribution in [0.5, 0.6) is 0 Å². The number of nitrogens with zero attached hydrogens (tertiary/aromatic N) is 3. The maximum absolute atomic E-state index is 9.49. The van der Waals surface area contributed by atoms with Crippen LogP contribution in [0.1, 0.15) is 36.6 Å². The van der Waals surface area contributed by atoms with Crippen LogP contribution in [-0.4, -0.2) is 17.7 Å². The number of nitrogens with two attached hydrogens (primary N) is 1. The van der Waals surface area contributed by atoms with E-state index in [4.69, 9.17) is 5.73 Å². The van der Waals surface area contributed by atoms with Crippen LogP contribution in [0, 0.1) is 24.2 Å². The topological polar surface area (TPSA) is 58.0 Å². The highest BCUT2D eigenvalue weighted by atomic mass is 15.3. The number of hydrogen-bond donors (Lipinski definition) is 1. The normalized spacial score (nSPS) is 18.0. The molecule has 2 aromatic rings. The summed E-state index contributed by atoms with van der Waals surface area (Å²) >= 11 is 0. The smallest absolute Gasteiger partial charge is 0.133 e. The molecule has 1 fully saturated rings. The Kier molecular flexibility index (Phi) is 4.29. The summed E-state index contributed by atoms with van der Waals surface area (Å²) in [6.45, 7) is 7.07. The molecule has 0 unspecified atom stereocenters. The Bertz CT molecular complexity index is 738. The predicted octanol–water partition coefficient (Wildman–Crippen LogP) is 3.54. The van der Waals surface area contributed by atoms with E-state index < -0.39 is 0 Å². The average Bonchev–Trinajstić information content (AvgIpc) is 2.83. The molecule has 0 radical (unpaired) electrons. The van der Waals surface area contributed by atoms with E-state index in [0.717, 1.165) is 18.9 Å². The van der Waals surface area contributed by atoms with Crippen LogP contribution < -0.4 is 10.6 Å². The van der Waals surface area contributed by atoms with Gasteiger partial charge in [-0.3, -0.25) is 0 Å². The first-order chi connectivity index (χ1) is 11.1. The molecular formula is C19H24N4. The molecule has 2 N–H and O–H groups in total. The standard InChI is InChI=1S/C19H24N4/c1-14-5-3-7-16(9-14)13-23-17(11-20)10-18(21)19(23)22-8-4-6-15(2)12-22/h3,5,7,9-10,15H,4,6,8,12-13,21H2,1-2H3/t15-/m0/s1. The van der Waals surface area contributed by atoms with Gasteiger partial charge in [0.1, 0.15) is 17.6 Å². The van der Waals surface area contributed by atoms with Crippen molar-refractivity contribution < 1.29 is 0 Å². The van der Waals surface area contributed by atoms with Crippen LogP contribution in [0.2, 0.25) is 0 Å². The van der Waals surface area contributed by atoms with Crippen molar-refractivity contribution in [3.63, 3.8) is 0 Å². The molecule has 0 amide bonds. The molecule has 1 aromatic heterocycles. The molecule has 3 rings (SSSR count). The lowest BCUT2D eigenvalue weighted by molar-refractivity contribution is 0.441. The molecule has 0 saturated carbocycles. The number of nitrogen functional groups attached to an aromatic ring is 1. The van der Waals surface area contributed by atoms with E-state index in [2.05, 4.69) is 53.6 Å². The molecule has 4 nitrogen and oxygen atoms in total. The Labute approximate surface area is 138 Å². The summed E-state index contributed by atoms with van der Waals surface area (Å²) in [6.07, 6.45) is 2.44. The van der Waals surface area contributed by atoms with Gasteiger partial charge in [0.05, 0.1) is 12.2 Å². The lowest BCUT2D eigenvalue weighted by atomic mass is 10.0. The van der Waals surface area contributed by atoms with E-state index in [1.54, 1.807) is 0 Å². The fraction of sp³-hybridized carbons (Fsp3) is 0.421. The van der Waals surface area contributed by atoms with Crippen molar-refractivity contribution in [2.24, 2.45) is 5.92 Å². The van der Waals surface area contributed by atoms with Gasteiger partial charge < -0.3 is 15.2 Å². The molecule has 23 heavy (non-hydrogen) atoms. The Balaban J connectivity index is 1.99. The van der Waals surface area contributed by atoms with Gasteiger partial charge in [-0.2, -0.15) is 5.26 Å². The number of benzene rings is 1. The van der Waals surface area contributed by atoms with Crippen molar-refractivity contribution in [3.8, 4) is 6.07 Å². The van der Waals surface area contributed by atoms with E-state index in [0.29, 0.717) is 23.8 Å². The van der Waals surface area contributed by atoms with E-state index in [1.807, 2.05) is 6.07 Å². The summed E-state index contributed by atoms with van der Waals surface area (Å²) in [5, 5.41) is 9.49.